The largest absolute Gasteiger partial charge is 0.481 e. The van der Waals surface area contributed by atoms with E-state index < -0.39 is 5.97 Å². The summed E-state index contributed by atoms with van der Waals surface area (Å²) in [6.45, 7) is 0. The van der Waals surface area contributed by atoms with Crippen LogP contribution in [0.3, 0.4) is 0 Å². The molecule has 2 heterocycles. The Morgan fingerprint density at radius 2 is 2.38 bits per heavy atom. The number of aromatic nitrogens is 3. The molecule has 6 heteroatoms. The molecule has 84 valence electrons. The van der Waals surface area contributed by atoms with Gasteiger partial charge < -0.3 is 5.11 Å². The van der Waals surface area contributed by atoms with Crippen molar-refractivity contribution in [2.45, 2.75) is 19.3 Å². The number of rotatable bonds is 4. The van der Waals surface area contributed by atoms with Gasteiger partial charge in [-0.3, -0.25) is 4.79 Å². The fraction of sp³-hybridized carbons (Fsp3) is 0.300. The van der Waals surface area contributed by atoms with Crippen molar-refractivity contribution in [3.05, 3.63) is 29.2 Å². The first-order valence-corrected chi connectivity index (χ1v) is 5.25. The molecule has 1 N–H and O–H groups in total. The third-order valence-electron chi connectivity index (χ3n) is 2.13. The summed E-state index contributed by atoms with van der Waals surface area (Å²) >= 11 is 5.82. The molecule has 0 bridgehead atoms. The molecule has 16 heavy (non-hydrogen) atoms. The predicted octanol–water partition coefficient (Wildman–Crippen LogP) is 1.79. The van der Waals surface area contributed by atoms with E-state index in [2.05, 4.69) is 10.1 Å². The number of carboxylic acids is 1. The second-order valence-corrected chi connectivity index (χ2v) is 3.86. The Balaban J connectivity index is 2.10. The van der Waals surface area contributed by atoms with Gasteiger partial charge in [0, 0.05) is 30.1 Å². The van der Waals surface area contributed by atoms with E-state index >= 15 is 0 Å². The fourth-order valence-electron chi connectivity index (χ4n) is 1.41. The zero-order chi connectivity index (χ0) is 11.5. The summed E-state index contributed by atoms with van der Waals surface area (Å²) in [6.07, 6.45) is 2.97. The molecule has 0 saturated heterocycles. The van der Waals surface area contributed by atoms with Crippen molar-refractivity contribution < 1.29 is 9.90 Å². The summed E-state index contributed by atoms with van der Waals surface area (Å²) in [6, 6.07) is 3.44. The monoisotopic (exact) mass is 239 g/mol. The molecule has 2 aromatic rings. The molecule has 0 aliphatic heterocycles. The van der Waals surface area contributed by atoms with Crippen molar-refractivity contribution >= 4 is 23.2 Å². The summed E-state index contributed by atoms with van der Waals surface area (Å²) in [4.78, 5) is 14.6. The summed E-state index contributed by atoms with van der Waals surface area (Å²) < 4.78 is 1.63. The minimum absolute atomic E-state index is 0.135. The number of nitrogens with zero attached hydrogens (tertiary/aromatic N) is 3. The average molecular weight is 240 g/mol. The Hall–Kier alpha value is -1.62. The van der Waals surface area contributed by atoms with Crippen LogP contribution in [0.15, 0.2) is 18.3 Å². The number of carboxylic acid groups (broad SMARTS) is 1. The van der Waals surface area contributed by atoms with Crippen LogP contribution in [-0.2, 0) is 11.2 Å². The van der Waals surface area contributed by atoms with Crippen LogP contribution in [0, 0.1) is 0 Å². The number of carbonyl (C=O) groups is 1. The highest BCUT2D eigenvalue weighted by molar-refractivity contribution is 6.30. The lowest BCUT2D eigenvalue weighted by molar-refractivity contribution is -0.137. The molecule has 5 nitrogen and oxygen atoms in total. The summed E-state index contributed by atoms with van der Waals surface area (Å²) in [5, 5.41) is 13.3. The second kappa shape index (κ2) is 4.49. The van der Waals surface area contributed by atoms with Crippen LogP contribution < -0.4 is 0 Å². The fourth-order valence-corrected chi connectivity index (χ4v) is 1.56. The topological polar surface area (TPSA) is 67.5 Å². The van der Waals surface area contributed by atoms with E-state index in [1.165, 1.54) is 0 Å². The van der Waals surface area contributed by atoms with Crippen molar-refractivity contribution in [3.8, 4) is 0 Å². The molecule has 0 spiro atoms. The highest BCUT2D eigenvalue weighted by Gasteiger charge is 2.05. The van der Waals surface area contributed by atoms with Crippen LogP contribution in [0.2, 0.25) is 5.02 Å². The molecule has 2 aromatic heterocycles. The average Bonchev–Trinajstić information content (AvgIpc) is 2.58. The molecule has 0 aliphatic rings. The lowest BCUT2D eigenvalue weighted by atomic mass is 10.2. The first kappa shape index (κ1) is 10.9. The van der Waals surface area contributed by atoms with Crippen LogP contribution in [0.1, 0.15) is 18.7 Å². The maximum atomic E-state index is 10.3. The Morgan fingerprint density at radius 1 is 1.56 bits per heavy atom. The van der Waals surface area contributed by atoms with Crippen LogP contribution in [0.4, 0.5) is 0 Å². The lowest BCUT2D eigenvalue weighted by Crippen LogP contribution is -1.97. The second-order valence-electron chi connectivity index (χ2n) is 3.42. The minimum Gasteiger partial charge on any atom is -0.481 e. The summed E-state index contributed by atoms with van der Waals surface area (Å²) in [7, 11) is 0. The van der Waals surface area contributed by atoms with Crippen molar-refractivity contribution in [2.24, 2.45) is 0 Å². The molecule has 0 amide bonds. The highest BCUT2D eigenvalue weighted by Crippen LogP contribution is 2.11. The third-order valence-corrected chi connectivity index (χ3v) is 2.37. The quantitative estimate of drug-likeness (QED) is 0.883. The number of pyridine rings is 1. The van der Waals surface area contributed by atoms with Crippen LogP contribution in [0.5, 0.6) is 0 Å². The molecule has 0 unspecified atom stereocenters. The molecule has 0 aliphatic carbocycles. The first-order chi connectivity index (χ1) is 7.65. The number of fused-ring (bicyclic) bond motifs is 1. The van der Waals surface area contributed by atoms with Crippen molar-refractivity contribution in [2.75, 3.05) is 0 Å². The summed E-state index contributed by atoms with van der Waals surface area (Å²) in [5.74, 6) is -0.157. The number of aliphatic carboxylic acids is 1. The van der Waals surface area contributed by atoms with Gasteiger partial charge in [-0.25, -0.2) is 9.50 Å². The zero-order valence-corrected chi connectivity index (χ0v) is 9.18. The first-order valence-electron chi connectivity index (χ1n) is 4.88. The van der Waals surface area contributed by atoms with Crippen LogP contribution >= 0.6 is 11.6 Å². The van der Waals surface area contributed by atoms with Gasteiger partial charge in [0.25, 0.3) is 0 Å². The molecule has 0 atom stereocenters. The van der Waals surface area contributed by atoms with Crippen LogP contribution in [0.25, 0.3) is 5.65 Å². The van der Waals surface area contributed by atoms with Crippen molar-refractivity contribution in [1.29, 1.82) is 0 Å². The van der Waals surface area contributed by atoms with E-state index in [0.29, 0.717) is 29.3 Å². The van der Waals surface area contributed by atoms with E-state index in [1.807, 2.05) is 0 Å². The molecule has 0 aromatic carbocycles. The van der Waals surface area contributed by atoms with Gasteiger partial charge in [0.1, 0.15) is 0 Å². The maximum absolute atomic E-state index is 10.3. The molecule has 0 radical (unpaired) electrons. The molecule has 2 rings (SSSR count). The highest BCUT2D eigenvalue weighted by atomic mass is 35.5. The van der Waals surface area contributed by atoms with Gasteiger partial charge in [0.05, 0.1) is 0 Å². The van der Waals surface area contributed by atoms with Gasteiger partial charge >= 0.3 is 5.97 Å². The van der Waals surface area contributed by atoms with E-state index in [-0.39, 0.29) is 6.42 Å². The van der Waals surface area contributed by atoms with Gasteiger partial charge in [-0.2, -0.15) is 5.10 Å². The molecule has 0 fully saturated rings. The van der Waals surface area contributed by atoms with Crippen molar-refractivity contribution in [1.82, 2.24) is 14.6 Å². The van der Waals surface area contributed by atoms with E-state index in [0.717, 1.165) is 0 Å². The van der Waals surface area contributed by atoms with Gasteiger partial charge in [0.2, 0.25) is 0 Å². The van der Waals surface area contributed by atoms with Gasteiger partial charge in [-0.15, -0.1) is 0 Å². The Kier molecular flexibility index (Phi) is 3.05. The number of hydrogen-bond donors (Lipinski definition) is 1. The van der Waals surface area contributed by atoms with E-state index in [4.69, 9.17) is 16.7 Å². The third kappa shape index (κ3) is 2.49. The number of aryl methyl sites for hydroxylation is 1. The van der Waals surface area contributed by atoms with Gasteiger partial charge in [-0.05, 0) is 12.5 Å². The number of halogens is 1. The molecular weight excluding hydrogens is 230 g/mol. The maximum Gasteiger partial charge on any atom is 0.303 e. The lowest BCUT2D eigenvalue weighted by Gasteiger charge is -1.91. The normalized spacial score (nSPS) is 10.8. The minimum atomic E-state index is -0.799. The zero-order valence-electron chi connectivity index (χ0n) is 8.43. The SMILES string of the molecule is O=C(O)CCCc1nc2cc(Cl)ccn2n1. The standard InChI is InChI=1S/C10H10ClN3O2/c11-7-4-5-14-9(6-7)12-8(13-14)2-1-3-10(15)16/h4-6H,1-3H2,(H,15,16). The summed E-state index contributed by atoms with van der Waals surface area (Å²) in [5.41, 5.74) is 0.679. The predicted molar refractivity (Wildman–Crippen MR) is 58.6 cm³/mol. The van der Waals surface area contributed by atoms with E-state index in [9.17, 15) is 4.79 Å². The van der Waals surface area contributed by atoms with Crippen LogP contribution in [-0.4, -0.2) is 25.7 Å². The smallest absolute Gasteiger partial charge is 0.303 e. The Labute approximate surface area is 96.7 Å². The van der Waals surface area contributed by atoms with E-state index in [1.54, 1.807) is 22.8 Å². The molecule has 0 saturated carbocycles. The van der Waals surface area contributed by atoms with Crippen molar-refractivity contribution in [3.63, 3.8) is 0 Å². The molecular formula is C10H10ClN3O2. The Morgan fingerprint density at radius 3 is 3.12 bits per heavy atom. The Bertz CT molecular complexity index is 524. The van der Waals surface area contributed by atoms with Gasteiger partial charge in [-0.1, -0.05) is 11.6 Å². The number of hydrogen-bond acceptors (Lipinski definition) is 3. The van der Waals surface area contributed by atoms with Gasteiger partial charge in [0.15, 0.2) is 11.5 Å².